The molecule has 1 atom stereocenters. The highest BCUT2D eigenvalue weighted by atomic mass is 32.1. The molecule has 0 radical (unpaired) electrons. The minimum absolute atomic E-state index is 0.0469. The summed E-state index contributed by atoms with van der Waals surface area (Å²) < 4.78 is 13.9. The molecule has 3 aromatic carbocycles. The fourth-order valence-corrected chi connectivity index (χ4v) is 6.49. The van der Waals surface area contributed by atoms with Gasteiger partial charge in [0.1, 0.15) is 10.8 Å². The van der Waals surface area contributed by atoms with Crippen LogP contribution in [0.5, 0.6) is 0 Å². The van der Waals surface area contributed by atoms with Crippen molar-refractivity contribution in [3.05, 3.63) is 123 Å². The van der Waals surface area contributed by atoms with Gasteiger partial charge in [-0.2, -0.15) is 0 Å². The fourth-order valence-electron chi connectivity index (χ4n) is 5.40. The first kappa shape index (κ1) is 25.4. The smallest absolute Gasteiger partial charge is 0.256 e. The molecule has 0 spiro atoms. The van der Waals surface area contributed by atoms with Gasteiger partial charge in [-0.3, -0.25) is 9.69 Å². The number of nitrogens with one attached hydrogen (secondary N) is 1. The lowest BCUT2D eigenvalue weighted by Crippen LogP contribution is -2.38. The van der Waals surface area contributed by atoms with E-state index in [1.807, 2.05) is 42.5 Å². The molecule has 1 amide bonds. The monoisotopic (exact) mass is 512 g/mol. The van der Waals surface area contributed by atoms with Crippen LogP contribution in [0.4, 0.5) is 9.39 Å². The van der Waals surface area contributed by atoms with Crippen LogP contribution in [0.3, 0.4) is 0 Å². The molecule has 5 heteroatoms. The summed E-state index contributed by atoms with van der Waals surface area (Å²) in [6, 6.07) is 26.9. The standard InChI is InChI=1S/C32H33FN2OS/c1-22-23(2)37-32(34-31(36)27-11-7-4-8-12-27)29(22)30(26-13-15-28(33)16-14-26)35-19-17-25(18-20-35)21-24-9-5-3-6-10-24/h3-16,25,30H,17-21H2,1-2H3,(H,34,36)/t30-/m1/s1. The number of rotatable bonds is 7. The van der Waals surface area contributed by atoms with Crippen LogP contribution in [-0.2, 0) is 6.42 Å². The van der Waals surface area contributed by atoms with E-state index in [-0.39, 0.29) is 17.8 Å². The van der Waals surface area contributed by atoms with E-state index in [4.69, 9.17) is 0 Å². The number of amides is 1. The van der Waals surface area contributed by atoms with Crippen molar-refractivity contribution >= 4 is 22.2 Å². The van der Waals surface area contributed by atoms with E-state index in [1.165, 1.54) is 16.0 Å². The van der Waals surface area contributed by atoms with Crippen molar-refractivity contribution in [2.45, 2.75) is 39.2 Å². The molecule has 0 aliphatic carbocycles. The van der Waals surface area contributed by atoms with Gasteiger partial charge in [0.05, 0.1) is 6.04 Å². The maximum absolute atomic E-state index is 13.9. The van der Waals surface area contributed by atoms with Crippen LogP contribution < -0.4 is 5.32 Å². The zero-order valence-electron chi connectivity index (χ0n) is 21.4. The predicted molar refractivity (Wildman–Crippen MR) is 151 cm³/mol. The molecule has 1 aliphatic rings. The number of likely N-dealkylation sites (tertiary alicyclic amines) is 1. The quantitative estimate of drug-likeness (QED) is 0.274. The van der Waals surface area contributed by atoms with Crippen molar-refractivity contribution in [3.63, 3.8) is 0 Å². The Morgan fingerprint density at radius 1 is 0.946 bits per heavy atom. The second kappa shape index (κ2) is 11.4. The van der Waals surface area contributed by atoms with E-state index in [9.17, 15) is 9.18 Å². The number of nitrogens with zero attached hydrogens (tertiary/aromatic N) is 1. The van der Waals surface area contributed by atoms with Crippen molar-refractivity contribution in [1.82, 2.24) is 4.90 Å². The Bertz CT molecular complexity index is 1330. The molecule has 1 N–H and O–H groups in total. The zero-order valence-corrected chi connectivity index (χ0v) is 22.2. The Morgan fingerprint density at radius 2 is 1.57 bits per heavy atom. The van der Waals surface area contributed by atoms with E-state index in [0.29, 0.717) is 11.5 Å². The molecular formula is C32H33FN2OS. The third-order valence-electron chi connectivity index (χ3n) is 7.54. The number of hydrogen-bond donors (Lipinski definition) is 1. The second-order valence-electron chi connectivity index (χ2n) is 9.97. The Labute approximate surface area is 223 Å². The molecule has 0 saturated carbocycles. The average Bonchev–Trinajstić information content (AvgIpc) is 3.19. The summed E-state index contributed by atoms with van der Waals surface area (Å²) in [4.78, 5) is 16.8. The number of halogens is 1. The highest BCUT2D eigenvalue weighted by molar-refractivity contribution is 7.16. The Hall–Kier alpha value is -3.28. The molecule has 1 fully saturated rings. The second-order valence-corrected chi connectivity index (χ2v) is 11.2. The van der Waals surface area contributed by atoms with E-state index in [2.05, 4.69) is 54.4 Å². The zero-order chi connectivity index (χ0) is 25.8. The van der Waals surface area contributed by atoms with Crippen molar-refractivity contribution < 1.29 is 9.18 Å². The molecule has 1 aliphatic heterocycles. The van der Waals surface area contributed by atoms with Crippen molar-refractivity contribution in [2.24, 2.45) is 5.92 Å². The number of aryl methyl sites for hydroxylation is 1. The lowest BCUT2D eigenvalue weighted by molar-refractivity contribution is 0.102. The van der Waals surface area contributed by atoms with Crippen LogP contribution in [0.1, 0.15) is 56.4 Å². The molecule has 0 bridgehead atoms. The summed E-state index contributed by atoms with van der Waals surface area (Å²) in [6.07, 6.45) is 3.33. The molecular weight excluding hydrogens is 479 g/mol. The highest BCUT2D eigenvalue weighted by Gasteiger charge is 2.32. The summed E-state index contributed by atoms with van der Waals surface area (Å²) in [7, 11) is 0. The molecule has 37 heavy (non-hydrogen) atoms. The molecule has 3 nitrogen and oxygen atoms in total. The van der Waals surface area contributed by atoms with Crippen molar-refractivity contribution in [2.75, 3.05) is 18.4 Å². The van der Waals surface area contributed by atoms with Gasteiger partial charge in [0.15, 0.2) is 0 Å². The maximum Gasteiger partial charge on any atom is 0.256 e. The lowest BCUT2D eigenvalue weighted by atomic mass is 9.87. The van der Waals surface area contributed by atoms with Crippen molar-refractivity contribution in [3.8, 4) is 0 Å². The van der Waals surface area contributed by atoms with Crippen LogP contribution in [0.2, 0.25) is 0 Å². The van der Waals surface area contributed by atoms with Gasteiger partial charge < -0.3 is 5.32 Å². The number of anilines is 1. The lowest BCUT2D eigenvalue weighted by Gasteiger charge is -2.38. The van der Waals surface area contributed by atoms with Gasteiger partial charge in [-0.15, -0.1) is 11.3 Å². The molecule has 1 aromatic heterocycles. The van der Waals surface area contributed by atoms with Crippen molar-refractivity contribution in [1.29, 1.82) is 0 Å². The van der Waals surface area contributed by atoms with Crippen LogP contribution in [0.25, 0.3) is 0 Å². The average molecular weight is 513 g/mol. The highest BCUT2D eigenvalue weighted by Crippen LogP contribution is 2.43. The molecule has 1 saturated heterocycles. The van der Waals surface area contributed by atoms with Gasteiger partial charge in [-0.05, 0) is 93.1 Å². The van der Waals surface area contributed by atoms with Gasteiger partial charge in [0.25, 0.3) is 5.91 Å². The summed E-state index contributed by atoms with van der Waals surface area (Å²) in [5.41, 5.74) is 5.40. The molecule has 190 valence electrons. The molecule has 2 heterocycles. The van der Waals surface area contributed by atoms with E-state index in [1.54, 1.807) is 23.5 Å². The number of hydrogen-bond acceptors (Lipinski definition) is 3. The first-order chi connectivity index (χ1) is 18.0. The fraction of sp³-hybridized carbons (Fsp3) is 0.281. The predicted octanol–water partition coefficient (Wildman–Crippen LogP) is 7.80. The van der Waals surface area contributed by atoms with Crippen LogP contribution in [0, 0.1) is 25.6 Å². The number of carbonyl (C=O) groups is 1. The molecule has 5 rings (SSSR count). The minimum atomic E-state index is -0.236. The summed E-state index contributed by atoms with van der Waals surface area (Å²) in [5, 5.41) is 4.09. The number of piperidine rings is 1. The summed E-state index contributed by atoms with van der Waals surface area (Å²) in [6.45, 7) is 6.16. The molecule has 4 aromatic rings. The van der Waals surface area contributed by atoms with Gasteiger partial charge in [0.2, 0.25) is 0 Å². The van der Waals surface area contributed by atoms with E-state index in [0.717, 1.165) is 48.5 Å². The summed E-state index contributed by atoms with van der Waals surface area (Å²) >= 11 is 1.62. The first-order valence-corrected chi connectivity index (χ1v) is 13.8. The van der Waals surface area contributed by atoms with E-state index < -0.39 is 0 Å². The van der Waals surface area contributed by atoms with Gasteiger partial charge in [-0.25, -0.2) is 4.39 Å². The van der Waals surface area contributed by atoms with Gasteiger partial charge >= 0.3 is 0 Å². The van der Waals surface area contributed by atoms with Crippen LogP contribution in [0.15, 0.2) is 84.9 Å². The summed E-state index contributed by atoms with van der Waals surface area (Å²) in [5.74, 6) is 0.303. The Kier molecular flexibility index (Phi) is 7.82. The van der Waals surface area contributed by atoms with Crippen LogP contribution in [-0.4, -0.2) is 23.9 Å². The number of benzene rings is 3. The Balaban J connectivity index is 1.44. The maximum atomic E-state index is 13.9. The van der Waals surface area contributed by atoms with Gasteiger partial charge in [0, 0.05) is 16.0 Å². The van der Waals surface area contributed by atoms with Crippen LogP contribution >= 0.6 is 11.3 Å². The van der Waals surface area contributed by atoms with Gasteiger partial charge in [-0.1, -0.05) is 60.7 Å². The SMILES string of the molecule is Cc1sc(NC(=O)c2ccccc2)c([C@@H](c2ccc(F)cc2)N2CCC(Cc3ccccc3)CC2)c1C. The topological polar surface area (TPSA) is 32.3 Å². The first-order valence-electron chi connectivity index (χ1n) is 13.0. The third kappa shape index (κ3) is 5.84. The normalized spacial score (nSPS) is 15.4. The Morgan fingerprint density at radius 3 is 2.22 bits per heavy atom. The minimum Gasteiger partial charge on any atom is -0.313 e. The van der Waals surface area contributed by atoms with E-state index >= 15 is 0 Å². The number of thiophene rings is 1. The third-order valence-corrected chi connectivity index (χ3v) is 8.67. The number of carbonyl (C=O) groups excluding carboxylic acids is 1. The largest absolute Gasteiger partial charge is 0.313 e. The molecule has 0 unspecified atom stereocenters.